The van der Waals surface area contributed by atoms with Gasteiger partial charge in [-0.2, -0.15) is 0 Å². The molecule has 0 saturated carbocycles. The van der Waals surface area contributed by atoms with E-state index >= 15 is 0 Å². The fourth-order valence-electron chi connectivity index (χ4n) is 2.64. The minimum absolute atomic E-state index is 0.150. The largest absolute Gasteiger partial charge is 0.438 e. The van der Waals surface area contributed by atoms with Gasteiger partial charge in [0.2, 0.25) is 5.88 Å². The molecule has 5 heteroatoms. The van der Waals surface area contributed by atoms with Crippen molar-refractivity contribution in [3.63, 3.8) is 0 Å². The maximum Gasteiger partial charge on any atom is 0.317 e. The van der Waals surface area contributed by atoms with Crippen molar-refractivity contribution < 1.29 is 9.53 Å². The molecule has 0 aliphatic carbocycles. The molecule has 1 aliphatic rings. The van der Waals surface area contributed by atoms with Crippen molar-refractivity contribution in [1.82, 2.24) is 15.2 Å². The average Bonchev–Trinajstić information content (AvgIpc) is 2.51. The van der Waals surface area contributed by atoms with Crippen LogP contribution in [0.3, 0.4) is 0 Å². The Hall–Kier alpha value is -2.56. The molecule has 0 saturated heterocycles. The number of urea groups is 1. The number of nitrogens with zero attached hydrogens (tertiary/aromatic N) is 2. The second kappa shape index (κ2) is 5.09. The van der Waals surface area contributed by atoms with Gasteiger partial charge in [0.1, 0.15) is 5.75 Å². The summed E-state index contributed by atoms with van der Waals surface area (Å²) < 4.78 is 5.88. The van der Waals surface area contributed by atoms with Crippen LogP contribution in [0, 0.1) is 6.92 Å². The number of amides is 2. The van der Waals surface area contributed by atoms with Crippen molar-refractivity contribution >= 4 is 6.03 Å². The monoisotopic (exact) mass is 283 g/mol. The minimum Gasteiger partial charge on any atom is -0.438 e. The molecule has 0 fully saturated rings. The second-order valence-electron chi connectivity index (χ2n) is 5.11. The van der Waals surface area contributed by atoms with E-state index in [4.69, 9.17) is 4.74 Å². The summed E-state index contributed by atoms with van der Waals surface area (Å²) in [6.07, 6.45) is 1.69. The van der Waals surface area contributed by atoms with Crippen LogP contribution in [-0.2, 0) is 0 Å². The molecule has 0 bridgehead atoms. The lowest BCUT2D eigenvalue weighted by molar-refractivity contribution is 0.197. The van der Waals surface area contributed by atoms with Gasteiger partial charge >= 0.3 is 6.03 Å². The highest BCUT2D eigenvalue weighted by atomic mass is 16.5. The molecule has 3 rings (SSSR count). The van der Waals surface area contributed by atoms with Gasteiger partial charge in [-0.15, -0.1) is 0 Å². The van der Waals surface area contributed by atoms with E-state index in [0.29, 0.717) is 5.88 Å². The summed E-state index contributed by atoms with van der Waals surface area (Å²) in [5, 5.41) is 2.66. The zero-order valence-electron chi connectivity index (χ0n) is 12.3. The van der Waals surface area contributed by atoms with Gasteiger partial charge in [0, 0.05) is 31.4 Å². The highest BCUT2D eigenvalue weighted by molar-refractivity contribution is 5.75. The van der Waals surface area contributed by atoms with Gasteiger partial charge in [0.25, 0.3) is 0 Å². The Morgan fingerprint density at radius 1 is 1.33 bits per heavy atom. The Morgan fingerprint density at radius 2 is 2.14 bits per heavy atom. The number of aromatic nitrogens is 1. The fraction of sp³-hybridized carbons (Fsp3) is 0.250. The van der Waals surface area contributed by atoms with Gasteiger partial charge in [-0.05, 0) is 30.7 Å². The Kier molecular flexibility index (Phi) is 3.25. The Morgan fingerprint density at radius 3 is 2.90 bits per heavy atom. The predicted molar refractivity (Wildman–Crippen MR) is 79.6 cm³/mol. The molecule has 5 nitrogen and oxygen atoms in total. The summed E-state index contributed by atoms with van der Waals surface area (Å²) in [5.74, 6) is 1.30. The molecule has 1 N–H and O–H groups in total. The number of hydrogen-bond acceptors (Lipinski definition) is 3. The number of rotatable bonds is 1. The van der Waals surface area contributed by atoms with E-state index in [9.17, 15) is 4.79 Å². The average molecular weight is 283 g/mol. The van der Waals surface area contributed by atoms with E-state index < -0.39 is 0 Å². The standard InChI is InChI=1S/C16H17N3O2/c1-10-6-7-11-13(9-10)21-15-12(5-4-8-18-15)14(11)19(3)16(20)17-2/h4-9,14H,1-3H3,(H,17,20). The van der Waals surface area contributed by atoms with Crippen LogP contribution in [0.2, 0.25) is 0 Å². The van der Waals surface area contributed by atoms with Crippen LogP contribution in [0.25, 0.3) is 0 Å². The third-order valence-corrected chi connectivity index (χ3v) is 3.69. The molecule has 1 atom stereocenters. The normalized spacial score (nSPS) is 15.5. The number of pyridine rings is 1. The van der Waals surface area contributed by atoms with Crippen molar-refractivity contribution in [3.8, 4) is 11.6 Å². The summed E-state index contributed by atoms with van der Waals surface area (Å²) in [5.41, 5.74) is 2.96. The molecule has 2 aromatic rings. The molecule has 2 amide bonds. The summed E-state index contributed by atoms with van der Waals surface area (Å²) >= 11 is 0. The number of ether oxygens (including phenoxy) is 1. The van der Waals surface area contributed by atoms with Crippen LogP contribution in [0.5, 0.6) is 11.6 Å². The molecule has 1 aliphatic heterocycles. The first kappa shape index (κ1) is 13.4. The number of fused-ring (bicyclic) bond motifs is 2. The quantitative estimate of drug-likeness (QED) is 0.875. The first-order chi connectivity index (χ1) is 10.1. The third-order valence-electron chi connectivity index (χ3n) is 3.69. The van der Waals surface area contributed by atoms with Crippen molar-refractivity contribution in [2.75, 3.05) is 14.1 Å². The zero-order chi connectivity index (χ0) is 15.0. The van der Waals surface area contributed by atoms with E-state index in [2.05, 4.69) is 10.3 Å². The van der Waals surface area contributed by atoms with Gasteiger partial charge in [-0.25, -0.2) is 9.78 Å². The molecule has 0 radical (unpaired) electrons. The first-order valence-corrected chi connectivity index (χ1v) is 6.79. The van der Waals surface area contributed by atoms with Gasteiger partial charge in [0.15, 0.2) is 0 Å². The van der Waals surface area contributed by atoms with Crippen molar-refractivity contribution in [2.24, 2.45) is 0 Å². The van der Waals surface area contributed by atoms with Gasteiger partial charge in [-0.1, -0.05) is 12.1 Å². The fourth-order valence-corrected chi connectivity index (χ4v) is 2.64. The molecule has 1 aromatic heterocycles. The smallest absolute Gasteiger partial charge is 0.317 e. The molecule has 1 aromatic carbocycles. The summed E-state index contributed by atoms with van der Waals surface area (Å²) in [7, 11) is 3.40. The number of hydrogen-bond donors (Lipinski definition) is 1. The predicted octanol–water partition coefficient (Wildman–Crippen LogP) is 2.86. The van der Waals surface area contributed by atoms with Crippen LogP contribution < -0.4 is 10.1 Å². The van der Waals surface area contributed by atoms with Crippen LogP contribution in [0.4, 0.5) is 4.79 Å². The van der Waals surface area contributed by atoms with E-state index in [1.807, 2.05) is 37.3 Å². The second-order valence-corrected chi connectivity index (χ2v) is 5.11. The van der Waals surface area contributed by atoms with Crippen molar-refractivity contribution in [1.29, 1.82) is 0 Å². The van der Waals surface area contributed by atoms with E-state index in [1.165, 1.54) is 0 Å². The number of nitrogens with one attached hydrogen (secondary N) is 1. The molecule has 1 unspecified atom stereocenters. The summed E-state index contributed by atoms with van der Waals surface area (Å²) in [6.45, 7) is 2.01. The minimum atomic E-state index is -0.210. The maximum atomic E-state index is 12.1. The molecular formula is C16H17N3O2. The molecule has 0 spiro atoms. The number of aryl methyl sites for hydroxylation is 1. The molecule has 2 heterocycles. The lowest BCUT2D eigenvalue weighted by Crippen LogP contribution is -2.39. The lowest BCUT2D eigenvalue weighted by Gasteiger charge is -2.33. The van der Waals surface area contributed by atoms with Gasteiger partial charge in [0.05, 0.1) is 6.04 Å². The Balaban J connectivity index is 2.16. The zero-order valence-corrected chi connectivity index (χ0v) is 12.3. The SMILES string of the molecule is CNC(=O)N(C)C1c2ccc(C)cc2Oc2ncccc21. The van der Waals surface area contributed by atoms with Crippen LogP contribution in [-0.4, -0.2) is 30.0 Å². The summed E-state index contributed by atoms with van der Waals surface area (Å²) in [4.78, 5) is 18.0. The van der Waals surface area contributed by atoms with Gasteiger partial charge < -0.3 is 15.0 Å². The van der Waals surface area contributed by atoms with Crippen LogP contribution >= 0.6 is 0 Å². The van der Waals surface area contributed by atoms with Crippen molar-refractivity contribution in [2.45, 2.75) is 13.0 Å². The highest BCUT2D eigenvalue weighted by Crippen LogP contribution is 2.44. The van der Waals surface area contributed by atoms with Crippen LogP contribution in [0.15, 0.2) is 36.5 Å². The molecular weight excluding hydrogens is 266 g/mol. The molecule has 21 heavy (non-hydrogen) atoms. The lowest BCUT2D eigenvalue weighted by atomic mass is 9.94. The Bertz CT molecular complexity index is 700. The van der Waals surface area contributed by atoms with Gasteiger partial charge in [-0.3, -0.25) is 0 Å². The van der Waals surface area contributed by atoms with E-state index in [1.54, 1.807) is 25.2 Å². The highest BCUT2D eigenvalue weighted by Gasteiger charge is 2.32. The number of carbonyl (C=O) groups is 1. The topological polar surface area (TPSA) is 54.5 Å². The number of benzene rings is 1. The maximum absolute atomic E-state index is 12.1. The van der Waals surface area contributed by atoms with E-state index in [0.717, 1.165) is 22.4 Å². The van der Waals surface area contributed by atoms with E-state index in [-0.39, 0.29) is 12.1 Å². The number of carbonyl (C=O) groups excluding carboxylic acids is 1. The van der Waals surface area contributed by atoms with Crippen LogP contribution in [0.1, 0.15) is 22.7 Å². The Labute approximate surface area is 123 Å². The third kappa shape index (κ3) is 2.20. The van der Waals surface area contributed by atoms with Crippen molar-refractivity contribution in [3.05, 3.63) is 53.2 Å². The first-order valence-electron chi connectivity index (χ1n) is 6.79. The summed E-state index contributed by atoms with van der Waals surface area (Å²) in [6, 6.07) is 9.43. The molecule has 108 valence electrons.